The van der Waals surface area contributed by atoms with Crippen molar-refractivity contribution in [2.75, 3.05) is 0 Å². The van der Waals surface area contributed by atoms with Crippen LogP contribution in [0.5, 0.6) is 5.75 Å². The summed E-state index contributed by atoms with van der Waals surface area (Å²) in [4.78, 5) is 27.9. The second-order valence-corrected chi connectivity index (χ2v) is 8.78. The van der Waals surface area contributed by atoms with Crippen LogP contribution in [0.15, 0.2) is 78.4 Å². The van der Waals surface area contributed by atoms with Crippen molar-refractivity contribution < 1.29 is 19.4 Å². The van der Waals surface area contributed by atoms with Crippen molar-refractivity contribution in [3.63, 3.8) is 0 Å². The molecule has 2 heterocycles. The van der Waals surface area contributed by atoms with Crippen LogP contribution in [0, 0.1) is 6.92 Å². The molecule has 3 aromatic rings. The highest BCUT2D eigenvalue weighted by molar-refractivity contribution is 6.46. The number of aliphatic hydroxyl groups excluding tert-OH is 1. The molecule has 166 valence electrons. The highest BCUT2D eigenvalue weighted by Crippen LogP contribution is 2.41. The highest BCUT2D eigenvalue weighted by atomic mass is 16.5. The number of carbonyl (C=O) groups is 2. The van der Waals surface area contributed by atoms with Gasteiger partial charge in [-0.3, -0.25) is 9.59 Å². The number of aryl methyl sites for hydroxylation is 1. The molecule has 0 aliphatic carbocycles. The van der Waals surface area contributed by atoms with Gasteiger partial charge in [0.15, 0.2) is 0 Å². The third kappa shape index (κ3) is 3.80. The minimum absolute atomic E-state index is 0.0707. The third-order valence-corrected chi connectivity index (χ3v) is 6.30. The van der Waals surface area contributed by atoms with E-state index in [9.17, 15) is 14.7 Å². The second kappa shape index (κ2) is 8.24. The Morgan fingerprint density at radius 1 is 1.03 bits per heavy atom. The number of benzene rings is 3. The van der Waals surface area contributed by atoms with Crippen LogP contribution in [0.25, 0.3) is 5.76 Å². The van der Waals surface area contributed by atoms with Gasteiger partial charge in [-0.1, -0.05) is 60.2 Å². The number of fused-ring (bicyclic) bond motifs is 1. The Morgan fingerprint density at radius 2 is 1.76 bits per heavy atom. The average Bonchev–Trinajstić information content (AvgIpc) is 3.31. The minimum atomic E-state index is -0.672. The van der Waals surface area contributed by atoms with Crippen LogP contribution in [0.3, 0.4) is 0 Å². The number of ketones is 1. The number of nitrogens with zero attached hydrogens (tertiary/aromatic N) is 1. The van der Waals surface area contributed by atoms with E-state index in [0.29, 0.717) is 5.56 Å². The molecule has 1 amide bonds. The lowest BCUT2D eigenvalue weighted by molar-refractivity contribution is -0.140. The molecule has 5 nitrogen and oxygen atoms in total. The molecule has 3 aromatic carbocycles. The summed E-state index contributed by atoms with van der Waals surface area (Å²) in [7, 11) is 0. The summed E-state index contributed by atoms with van der Waals surface area (Å²) < 4.78 is 5.76. The zero-order valence-corrected chi connectivity index (χ0v) is 18.6. The maximum Gasteiger partial charge on any atom is 0.295 e. The van der Waals surface area contributed by atoms with Gasteiger partial charge in [0.2, 0.25) is 0 Å². The molecular weight excluding hydrogens is 414 g/mol. The Morgan fingerprint density at radius 3 is 2.48 bits per heavy atom. The Bertz CT molecular complexity index is 1260. The Balaban J connectivity index is 1.62. The fourth-order valence-electron chi connectivity index (χ4n) is 4.64. The number of likely N-dealkylation sites (tertiary alicyclic amines) is 1. The van der Waals surface area contributed by atoms with Gasteiger partial charge < -0.3 is 14.7 Å². The van der Waals surface area contributed by atoms with E-state index < -0.39 is 17.7 Å². The first-order valence-corrected chi connectivity index (χ1v) is 11.1. The van der Waals surface area contributed by atoms with Gasteiger partial charge in [-0.05, 0) is 48.7 Å². The molecule has 1 N–H and O–H groups in total. The number of rotatable bonds is 4. The Kier molecular flexibility index (Phi) is 5.25. The van der Waals surface area contributed by atoms with Gasteiger partial charge >= 0.3 is 0 Å². The van der Waals surface area contributed by atoms with Crippen LogP contribution < -0.4 is 4.74 Å². The predicted molar refractivity (Wildman–Crippen MR) is 126 cm³/mol. The summed E-state index contributed by atoms with van der Waals surface area (Å²) in [6.45, 7) is 4.25. The number of amides is 1. The first kappa shape index (κ1) is 21.0. The second-order valence-electron chi connectivity index (χ2n) is 8.78. The molecule has 5 heteroatoms. The zero-order chi connectivity index (χ0) is 23.1. The van der Waals surface area contributed by atoms with Gasteiger partial charge in [-0.25, -0.2) is 0 Å². The summed E-state index contributed by atoms with van der Waals surface area (Å²) in [6.07, 6.45) is 0.807. The van der Waals surface area contributed by atoms with Crippen molar-refractivity contribution >= 4 is 17.4 Å². The molecule has 0 bridgehead atoms. The lowest BCUT2D eigenvalue weighted by Crippen LogP contribution is -2.29. The van der Waals surface area contributed by atoms with E-state index in [0.717, 1.165) is 34.4 Å². The SMILES string of the molecule is Cc1ccc([C@H]2C(=C(O)c3ccc4c(c3)C[C@@H](C)O4)C(=O)C(=O)N2Cc2ccccc2)cc1. The molecule has 0 aromatic heterocycles. The van der Waals surface area contributed by atoms with Gasteiger partial charge in [-0.2, -0.15) is 0 Å². The summed E-state index contributed by atoms with van der Waals surface area (Å²) >= 11 is 0. The Hall–Kier alpha value is -3.86. The molecule has 2 aliphatic rings. The normalized spacial score (nSPS) is 21.2. The van der Waals surface area contributed by atoms with E-state index in [2.05, 4.69) is 0 Å². The molecular formula is C28H25NO4. The molecule has 33 heavy (non-hydrogen) atoms. The van der Waals surface area contributed by atoms with Crippen molar-refractivity contribution in [2.24, 2.45) is 0 Å². The molecule has 0 spiro atoms. The van der Waals surface area contributed by atoms with Crippen LogP contribution in [0.1, 0.15) is 40.8 Å². The highest BCUT2D eigenvalue weighted by Gasteiger charge is 2.46. The van der Waals surface area contributed by atoms with Gasteiger partial charge in [-0.15, -0.1) is 0 Å². The predicted octanol–water partition coefficient (Wildman–Crippen LogP) is 4.94. The van der Waals surface area contributed by atoms with Crippen molar-refractivity contribution in [1.82, 2.24) is 4.90 Å². The number of ether oxygens (including phenoxy) is 1. The number of hydrogen-bond donors (Lipinski definition) is 1. The lowest BCUT2D eigenvalue weighted by Gasteiger charge is -2.25. The number of aliphatic hydroxyl groups is 1. The summed E-state index contributed by atoms with van der Waals surface area (Å²) in [6, 6.07) is 22.0. The van der Waals surface area contributed by atoms with Crippen molar-refractivity contribution in [3.8, 4) is 5.75 Å². The van der Waals surface area contributed by atoms with E-state index >= 15 is 0 Å². The summed E-state index contributed by atoms with van der Waals surface area (Å²) in [5, 5.41) is 11.3. The molecule has 0 unspecified atom stereocenters. The first-order valence-electron chi connectivity index (χ1n) is 11.1. The van der Waals surface area contributed by atoms with Gasteiger partial charge in [0, 0.05) is 18.5 Å². The lowest BCUT2D eigenvalue weighted by atomic mass is 9.94. The topological polar surface area (TPSA) is 66.8 Å². The van der Waals surface area contributed by atoms with E-state index in [1.807, 2.05) is 80.6 Å². The standard InChI is InChI=1S/C28H25NO4/c1-17-8-10-20(11-9-17)25-24(26(30)21-12-13-23-22(15-21)14-18(2)33-23)27(31)28(32)29(25)16-19-6-4-3-5-7-19/h3-13,15,18,25,30H,14,16H2,1-2H3/t18-,25+/m1/s1. The molecule has 0 saturated carbocycles. The minimum Gasteiger partial charge on any atom is -0.507 e. The Labute approximate surface area is 192 Å². The van der Waals surface area contributed by atoms with Gasteiger partial charge in [0.1, 0.15) is 17.6 Å². The molecule has 2 atom stereocenters. The van der Waals surface area contributed by atoms with Crippen molar-refractivity contribution in [1.29, 1.82) is 0 Å². The van der Waals surface area contributed by atoms with Crippen LogP contribution in [-0.4, -0.2) is 27.8 Å². The molecule has 0 radical (unpaired) electrons. The van der Waals surface area contributed by atoms with E-state index in [1.165, 1.54) is 0 Å². The summed E-state index contributed by atoms with van der Waals surface area (Å²) in [5.74, 6) is -0.640. The average molecular weight is 440 g/mol. The largest absolute Gasteiger partial charge is 0.507 e. The van der Waals surface area contributed by atoms with Crippen LogP contribution in [0.4, 0.5) is 0 Å². The van der Waals surface area contributed by atoms with Crippen molar-refractivity contribution in [2.45, 2.75) is 39.0 Å². The molecule has 1 saturated heterocycles. The van der Waals surface area contributed by atoms with E-state index in [4.69, 9.17) is 4.74 Å². The van der Waals surface area contributed by atoms with Crippen LogP contribution in [-0.2, 0) is 22.6 Å². The zero-order valence-electron chi connectivity index (χ0n) is 18.6. The van der Waals surface area contributed by atoms with Crippen LogP contribution >= 0.6 is 0 Å². The molecule has 5 rings (SSSR count). The monoisotopic (exact) mass is 439 g/mol. The van der Waals surface area contributed by atoms with Crippen LogP contribution in [0.2, 0.25) is 0 Å². The quantitative estimate of drug-likeness (QED) is 0.355. The molecule has 1 fully saturated rings. The third-order valence-electron chi connectivity index (χ3n) is 6.30. The van der Waals surface area contributed by atoms with E-state index in [1.54, 1.807) is 11.0 Å². The first-order chi connectivity index (χ1) is 15.9. The van der Waals surface area contributed by atoms with Crippen molar-refractivity contribution in [3.05, 3.63) is 106 Å². The smallest absolute Gasteiger partial charge is 0.295 e. The maximum absolute atomic E-state index is 13.2. The molecule has 2 aliphatic heterocycles. The summed E-state index contributed by atoms with van der Waals surface area (Å²) in [5.41, 5.74) is 4.40. The van der Waals surface area contributed by atoms with Gasteiger partial charge in [0.05, 0.1) is 11.6 Å². The maximum atomic E-state index is 13.2. The fraction of sp³-hybridized carbons (Fsp3) is 0.214. The van der Waals surface area contributed by atoms with E-state index in [-0.39, 0.29) is 24.0 Å². The van der Waals surface area contributed by atoms with Gasteiger partial charge in [0.25, 0.3) is 11.7 Å². The number of hydrogen-bond acceptors (Lipinski definition) is 4. The number of carbonyl (C=O) groups excluding carboxylic acids is 2. The fourth-order valence-corrected chi connectivity index (χ4v) is 4.64. The number of Topliss-reactive ketones (excluding diaryl/α,β-unsaturated/α-hetero) is 1.